The molecule has 0 saturated carbocycles. The van der Waals surface area contributed by atoms with Crippen molar-refractivity contribution in [3.63, 3.8) is 0 Å². The number of nitriles is 1. The fourth-order valence-electron chi connectivity index (χ4n) is 6.37. The Hall–Kier alpha value is -6.62. The number of thioether (sulfide) groups is 1. The molecule has 0 aliphatic rings. The van der Waals surface area contributed by atoms with E-state index in [4.69, 9.17) is 9.84 Å². The minimum absolute atomic E-state index is 0.00290. The van der Waals surface area contributed by atoms with Crippen LogP contribution in [0.4, 0.5) is 33.6 Å². The Morgan fingerprint density at radius 1 is 0.833 bits per heavy atom. The van der Waals surface area contributed by atoms with E-state index in [9.17, 15) is 54.4 Å². The highest BCUT2D eigenvalue weighted by atomic mass is 32.2. The van der Waals surface area contributed by atoms with Crippen molar-refractivity contribution in [3.05, 3.63) is 71.3 Å². The summed E-state index contributed by atoms with van der Waals surface area (Å²) < 4.78 is 112. The first-order chi connectivity index (χ1) is 31.2. The molecule has 7 aromatic rings. The summed E-state index contributed by atoms with van der Waals surface area (Å²) in [6.07, 6.45) is -0.200. The number of aromatic hydroxyl groups is 2. The Bertz CT molecular complexity index is 3590. The maximum atomic E-state index is 13.0. The molecule has 0 unspecified atom stereocenters. The molecule has 24 nitrogen and oxygen atoms in total. The Labute approximate surface area is 381 Å². The molecule has 0 amide bonds. The summed E-state index contributed by atoms with van der Waals surface area (Å²) in [5, 5.41) is 73.0. The van der Waals surface area contributed by atoms with Crippen LogP contribution in [-0.2, 0) is 30.4 Å². The maximum absolute atomic E-state index is 13.0. The van der Waals surface area contributed by atoms with Crippen molar-refractivity contribution in [2.45, 2.75) is 34.4 Å². The summed E-state index contributed by atoms with van der Waals surface area (Å²) in [5.74, 6) is -2.01. The summed E-state index contributed by atoms with van der Waals surface area (Å²) in [6.45, 7) is 2.61. The molecule has 0 radical (unpaired) electrons. The van der Waals surface area contributed by atoms with Gasteiger partial charge in [0.25, 0.3) is 35.5 Å². The lowest BCUT2D eigenvalue weighted by molar-refractivity contribution is 0.317. The molecule has 0 spiro atoms. The van der Waals surface area contributed by atoms with Crippen molar-refractivity contribution in [1.29, 1.82) is 5.26 Å². The Balaban J connectivity index is 1.33. The fraction of sp³-hybridized carbons (Fsp3) is 0.189. The molecule has 0 saturated heterocycles. The fourth-order valence-corrected chi connectivity index (χ4v) is 9.80. The molecule has 342 valence electrons. The van der Waals surface area contributed by atoms with Crippen LogP contribution in [0.25, 0.3) is 27.5 Å². The number of hydrogen-bond donors (Lipinski definition) is 6. The molecule has 0 aliphatic carbocycles. The van der Waals surface area contributed by atoms with E-state index >= 15 is 0 Å². The predicted molar refractivity (Wildman–Crippen MR) is 237 cm³/mol. The molecule has 0 bridgehead atoms. The quantitative estimate of drug-likeness (QED) is 0.0232. The van der Waals surface area contributed by atoms with E-state index < -0.39 is 79.7 Å². The van der Waals surface area contributed by atoms with E-state index in [1.807, 2.05) is 6.07 Å². The van der Waals surface area contributed by atoms with E-state index in [0.717, 1.165) is 23.5 Å². The van der Waals surface area contributed by atoms with Crippen LogP contribution in [0.2, 0.25) is 0 Å². The van der Waals surface area contributed by atoms with E-state index in [1.54, 1.807) is 31.2 Å². The summed E-state index contributed by atoms with van der Waals surface area (Å²) in [5.41, 5.74) is -0.429. The number of fused-ring (bicyclic) bond motifs is 4. The van der Waals surface area contributed by atoms with Gasteiger partial charge in [0.1, 0.15) is 44.2 Å². The number of aliphatic hydroxyl groups is 1. The molecule has 7 rings (SSSR count). The lowest BCUT2D eigenvalue weighted by Crippen LogP contribution is -2.08. The number of aromatic nitrogens is 4. The number of nitrogens with zero attached hydrogens (tertiary/aromatic N) is 11. The van der Waals surface area contributed by atoms with Crippen molar-refractivity contribution < 1.29 is 59.0 Å². The highest BCUT2D eigenvalue weighted by Crippen LogP contribution is 2.47. The van der Waals surface area contributed by atoms with Gasteiger partial charge in [0.2, 0.25) is 5.88 Å². The molecule has 3 heterocycles. The third kappa shape index (κ3) is 9.95. The van der Waals surface area contributed by atoms with E-state index in [-0.39, 0.29) is 64.4 Å². The lowest BCUT2D eigenvalue weighted by Gasteiger charge is -2.13. The van der Waals surface area contributed by atoms with Gasteiger partial charge >= 0.3 is 0 Å². The number of pyridine rings is 1. The van der Waals surface area contributed by atoms with Gasteiger partial charge in [-0.1, -0.05) is 35.2 Å². The zero-order valence-electron chi connectivity index (χ0n) is 33.7. The molecule has 29 heteroatoms. The molecule has 0 fully saturated rings. The Morgan fingerprint density at radius 2 is 1.55 bits per heavy atom. The monoisotopic (exact) mass is 997 g/mol. The van der Waals surface area contributed by atoms with Crippen molar-refractivity contribution in [2.75, 3.05) is 24.7 Å². The van der Waals surface area contributed by atoms with Crippen LogP contribution in [0.15, 0.2) is 99.4 Å². The number of benzene rings is 4. The number of aliphatic hydroxyl groups excluding tert-OH is 1. The maximum Gasteiger partial charge on any atom is 0.297 e. The number of ether oxygens (including phenoxy) is 1. The molecule has 4 aromatic carbocycles. The number of phenols is 1. The van der Waals surface area contributed by atoms with Gasteiger partial charge in [0.05, 0.1) is 35.7 Å². The molecular weight excluding hydrogens is 967 g/mol. The predicted octanol–water partition coefficient (Wildman–Crippen LogP) is 7.87. The van der Waals surface area contributed by atoms with Crippen LogP contribution in [0.5, 0.6) is 17.4 Å². The minimum atomic E-state index is -5.41. The first-order valence-electron chi connectivity index (χ1n) is 18.6. The molecule has 3 aromatic heterocycles. The second-order valence-electron chi connectivity index (χ2n) is 13.7. The molecular formula is C37H31N11O13S5. The van der Waals surface area contributed by atoms with Crippen molar-refractivity contribution >= 4 is 114 Å². The van der Waals surface area contributed by atoms with Crippen LogP contribution in [-0.4, -0.2) is 98.5 Å². The summed E-state index contributed by atoms with van der Waals surface area (Å²) in [7, 11) is -15.2. The van der Waals surface area contributed by atoms with Gasteiger partial charge in [-0.3, -0.25) is 18.1 Å². The zero-order valence-corrected chi connectivity index (χ0v) is 37.8. The zero-order chi connectivity index (χ0) is 47.7. The van der Waals surface area contributed by atoms with Crippen molar-refractivity contribution in [2.24, 2.45) is 30.7 Å². The number of phenolic OH excluding ortho intramolecular Hbond substituents is 1. The first kappa shape index (κ1) is 47.3. The molecule has 0 atom stereocenters. The van der Waals surface area contributed by atoms with Gasteiger partial charge in [-0.15, -0.1) is 40.9 Å². The molecule has 66 heavy (non-hydrogen) atoms. The van der Waals surface area contributed by atoms with Crippen molar-refractivity contribution in [1.82, 2.24) is 19.6 Å². The molecule has 0 aliphatic heterocycles. The smallest absolute Gasteiger partial charge is 0.297 e. The van der Waals surface area contributed by atoms with E-state index in [0.29, 0.717) is 32.8 Å². The second kappa shape index (κ2) is 18.7. The number of azo groups is 3. The van der Waals surface area contributed by atoms with Crippen LogP contribution in [0, 0.1) is 25.2 Å². The van der Waals surface area contributed by atoms with Crippen LogP contribution < -0.4 is 4.74 Å². The van der Waals surface area contributed by atoms with Crippen LogP contribution >= 0.6 is 23.1 Å². The minimum Gasteiger partial charge on any atom is -0.505 e. The average Bonchev–Trinajstić information content (AvgIpc) is 3.87. The number of imidazole rings is 1. The van der Waals surface area contributed by atoms with Gasteiger partial charge in [-0.25, -0.2) is 4.98 Å². The van der Waals surface area contributed by atoms with Crippen LogP contribution in [0.1, 0.15) is 23.1 Å². The average molecular weight is 998 g/mol. The third-order valence-corrected chi connectivity index (χ3v) is 13.8. The first-order valence-corrected chi connectivity index (χ1v) is 24.8. The molecule has 6 N–H and O–H groups in total. The summed E-state index contributed by atoms with van der Waals surface area (Å²) >= 11 is 2.35. The van der Waals surface area contributed by atoms with Gasteiger partial charge in [-0.2, -0.15) is 30.5 Å². The van der Waals surface area contributed by atoms with Crippen molar-refractivity contribution in [3.8, 4) is 23.4 Å². The number of rotatable bonds is 16. The van der Waals surface area contributed by atoms with Gasteiger partial charge in [0, 0.05) is 28.2 Å². The highest BCUT2D eigenvalue weighted by molar-refractivity contribution is 8.01. The van der Waals surface area contributed by atoms with Gasteiger partial charge in [0.15, 0.2) is 21.4 Å². The standard InChI is InChI=1S/C37H31N11O13S5/c1-18-14-26(28(61-11-5-13-64(52,53)54)16-25(18)41-45-36-46-47-37(63-36)62-12-10-49)42-44-31-29(65(55,56)57)15-21-20(32(31)50)8-9-24(33(21)66(58,59)60)40-43-30-19(2)22(17-38)34-39-23-6-3-4-7-27(23)48(34)35(30)51/h3-4,6-9,14-16,49-51H,5,10-13H2,1-2H3,(H,52,53,54)(H,55,56,57)(H,58,59,60). The Kier molecular flexibility index (Phi) is 13.4. The second-order valence-corrected chi connectivity index (χ2v) is 20.3. The largest absolute Gasteiger partial charge is 0.505 e. The summed E-state index contributed by atoms with van der Waals surface area (Å²) in [4.78, 5) is 2.14. The topological polar surface area (TPSA) is 374 Å². The number of para-hydroxylation sites is 2. The summed E-state index contributed by atoms with van der Waals surface area (Å²) in [6, 6.07) is 13.9. The lowest BCUT2D eigenvalue weighted by atomic mass is 10.1. The highest BCUT2D eigenvalue weighted by Gasteiger charge is 2.29. The van der Waals surface area contributed by atoms with E-state index in [2.05, 4.69) is 45.9 Å². The number of hydrogen-bond acceptors (Lipinski definition) is 22. The van der Waals surface area contributed by atoms with E-state index in [1.165, 1.54) is 35.2 Å². The SMILES string of the molecule is Cc1cc(N=Nc2c(S(=O)(=O)O)cc3c(S(=O)(=O)O)c(N=Nc4c(C)c(C#N)c5nc6ccccc6n5c4O)ccc3c2O)c(OCCCS(=O)(=O)O)cc1N=Nc1nnc(SCCO)s1. The van der Waals surface area contributed by atoms with Gasteiger partial charge in [-0.05, 0) is 62.2 Å². The Morgan fingerprint density at radius 3 is 2.24 bits per heavy atom. The third-order valence-electron chi connectivity index (χ3n) is 9.30. The number of aryl methyl sites for hydroxylation is 1. The van der Waals surface area contributed by atoms with Crippen LogP contribution in [0.3, 0.4) is 0 Å². The van der Waals surface area contributed by atoms with Gasteiger partial charge < -0.3 is 20.1 Å². The normalized spacial score (nSPS) is 12.7.